The van der Waals surface area contributed by atoms with E-state index in [-0.39, 0.29) is 18.4 Å². The van der Waals surface area contributed by atoms with Gasteiger partial charge in [-0.2, -0.15) is 0 Å². The Bertz CT molecular complexity index is 1240. The number of aromatic nitrogens is 2. The van der Waals surface area contributed by atoms with Crippen LogP contribution in [0.1, 0.15) is 16.8 Å². The number of halogens is 1. The zero-order valence-electron chi connectivity index (χ0n) is 21.7. The topological polar surface area (TPSA) is 88.1 Å². The minimum Gasteiger partial charge on any atom is -0.497 e. The number of hydrogen-bond acceptors (Lipinski definition) is 7. The molecule has 1 saturated heterocycles. The molecule has 0 unspecified atom stereocenters. The lowest BCUT2D eigenvalue weighted by Gasteiger charge is -2.27. The molecule has 0 N–H and O–H groups in total. The van der Waals surface area contributed by atoms with Gasteiger partial charge in [0.1, 0.15) is 12.3 Å². The number of methoxy groups -OCH3 is 2. The maximum atomic E-state index is 13.3. The van der Waals surface area contributed by atoms with Crippen LogP contribution in [0.5, 0.6) is 5.75 Å². The number of ether oxygens (including phenoxy) is 2. The summed E-state index contributed by atoms with van der Waals surface area (Å²) >= 11 is 6.29. The van der Waals surface area contributed by atoms with Crippen molar-refractivity contribution in [1.29, 1.82) is 0 Å². The quantitative estimate of drug-likeness (QED) is 0.412. The normalized spacial score (nSPS) is 13.7. The number of hydrogen-bond donors (Lipinski definition) is 0. The molecule has 38 heavy (non-hydrogen) atoms. The van der Waals surface area contributed by atoms with Crippen LogP contribution in [0.2, 0.25) is 5.02 Å². The second-order valence-corrected chi connectivity index (χ2v) is 9.34. The van der Waals surface area contributed by atoms with Gasteiger partial charge >= 0.3 is 0 Å². The first-order valence-electron chi connectivity index (χ1n) is 12.5. The van der Waals surface area contributed by atoms with E-state index in [2.05, 4.69) is 15.1 Å². The molecule has 0 saturated carbocycles. The van der Waals surface area contributed by atoms with Crippen molar-refractivity contribution in [3.05, 3.63) is 71.2 Å². The Labute approximate surface area is 227 Å². The van der Waals surface area contributed by atoms with Gasteiger partial charge in [-0.3, -0.25) is 9.59 Å². The molecule has 1 aliphatic rings. The van der Waals surface area contributed by atoms with Gasteiger partial charge in [0.15, 0.2) is 5.82 Å². The molecule has 0 atom stereocenters. The van der Waals surface area contributed by atoms with Crippen molar-refractivity contribution in [3.8, 4) is 17.0 Å². The van der Waals surface area contributed by atoms with E-state index in [9.17, 15) is 9.59 Å². The summed E-state index contributed by atoms with van der Waals surface area (Å²) in [6, 6.07) is 18.3. The van der Waals surface area contributed by atoms with Crippen LogP contribution < -0.4 is 9.64 Å². The van der Waals surface area contributed by atoms with Crippen LogP contribution in [0, 0.1) is 0 Å². The lowest BCUT2D eigenvalue weighted by atomic mass is 10.1. The Balaban J connectivity index is 1.39. The summed E-state index contributed by atoms with van der Waals surface area (Å²) in [4.78, 5) is 31.9. The lowest BCUT2D eigenvalue weighted by Crippen LogP contribution is -2.45. The Morgan fingerprint density at radius 2 is 1.82 bits per heavy atom. The molecule has 2 aromatic carbocycles. The molecule has 2 heterocycles. The average molecular weight is 538 g/mol. The maximum Gasteiger partial charge on any atom is 0.254 e. The van der Waals surface area contributed by atoms with Crippen LogP contribution in [0.15, 0.2) is 60.7 Å². The van der Waals surface area contributed by atoms with Crippen molar-refractivity contribution < 1.29 is 19.1 Å². The molecular formula is C28H32ClN5O4. The Morgan fingerprint density at radius 3 is 2.55 bits per heavy atom. The SMILES string of the molecule is COCCN(CC(=O)N1CCCN(c2ccc(-c3ccccc3Cl)nn2)CC1)C(=O)c1cccc(OC)c1. The highest BCUT2D eigenvalue weighted by molar-refractivity contribution is 6.33. The molecule has 200 valence electrons. The van der Waals surface area contributed by atoms with E-state index in [4.69, 9.17) is 21.1 Å². The highest BCUT2D eigenvalue weighted by Gasteiger charge is 2.25. The second-order valence-electron chi connectivity index (χ2n) is 8.93. The van der Waals surface area contributed by atoms with Gasteiger partial charge < -0.3 is 24.2 Å². The molecular weight excluding hydrogens is 506 g/mol. The first-order valence-corrected chi connectivity index (χ1v) is 12.9. The summed E-state index contributed by atoms with van der Waals surface area (Å²) in [6.45, 7) is 3.12. The monoisotopic (exact) mass is 537 g/mol. The number of amides is 2. The Morgan fingerprint density at radius 1 is 0.974 bits per heavy atom. The molecule has 0 spiro atoms. The van der Waals surface area contributed by atoms with Gasteiger partial charge in [-0.25, -0.2) is 0 Å². The summed E-state index contributed by atoms with van der Waals surface area (Å²) in [5.74, 6) is 1.01. The minimum absolute atomic E-state index is 0.0221. The zero-order valence-corrected chi connectivity index (χ0v) is 22.4. The molecule has 1 aliphatic heterocycles. The summed E-state index contributed by atoms with van der Waals surface area (Å²) in [7, 11) is 3.13. The van der Waals surface area contributed by atoms with Crippen LogP contribution >= 0.6 is 11.6 Å². The van der Waals surface area contributed by atoms with Crippen molar-refractivity contribution in [1.82, 2.24) is 20.0 Å². The molecule has 0 radical (unpaired) electrons. The molecule has 3 aromatic rings. The van der Waals surface area contributed by atoms with E-state index < -0.39 is 0 Å². The molecule has 2 amide bonds. The number of benzene rings is 2. The largest absolute Gasteiger partial charge is 0.497 e. The van der Waals surface area contributed by atoms with Gasteiger partial charge in [-0.1, -0.05) is 35.9 Å². The molecule has 10 heteroatoms. The lowest BCUT2D eigenvalue weighted by molar-refractivity contribution is -0.131. The highest BCUT2D eigenvalue weighted by Crippen LogP contribution is 2.26. The minimum atomic E-state index is -0.236. The zero-order chi connectivity index (χ0) is 26.9. The predicted octanol–water partition coefficient (Wildman–Crippen LogP) is 3.63. The third-order valence-corrected chi connectivity index (χ3v) is 6.80. The van der Waals surface area contributed by atoms with E-state index in [0.29, 0.717) is 54.8 Å². The molecule has 4 rings (SSSR count). The van der Waals surface area contributed by atoms with Crippen molar-refractivity contribution in [2.45, 2.75) is 6.42 Å². The van der Waals surface area contributed by atoms with Crippen LogP contribution in [0.4, 0.5) is 5.82 Å². The standard InChI is InChI=1S/C28H32ClN5O4/c1-37-18-17-34(28(36)21-7-5-8-22(19-21)38-2)20-27(35)33-14-6-13-32(15-16-33)26-12-11-25(30-31-26)23-9-3-4-10-24(23)29/h3-5,7-12,19H,6,13-18,20H2,1-2H3. The summed E-state index contributed by atoms with van der Waals surface area (Å²) in [6.07, 6.45) is 0.779. The van der Waals surface area contributed by atoms with E-state index in [1.54, 1.807) is 38.5 Å². The van der Waals surface area contributed by atoms with Crippen LogP contribution in [-0.2, 0) is 9.53 Å². The predicted molar refractivity (Wildman–Crippen MR) is 147 cm³/mol. The highest BCUT2D eigenvalue weighted by atomic mass is 35.5. The van der Waals surface area contributed by atoms with Crippen molar-refractivity contribution >= 4 is 29.2 Å². The van der Waals surface area contributed by atoms with Gasteiger partial charge in [0.25, 0.3) is 5.91 Å². The van der Waals surface area contributed by atoms with Crippen molar-refractivity contribution in [2.75, 3.05) is 65.0 Å². The fourth-order valence-electron chi connectivity index (χ4n) is 4.36. The van der Waals surface area contributed by atoms with E-state index in [1.807, 2.05) is 41.3 Å². The molecule has 0 bridgehead atoms. The molecule has 1 aromatic heterocycles. The Kier molecular flexibility index (Phi) is 9.51. The van der Waals surface area contributed by atoms with E-state index >= 15 is 0 Å². The second kappa shape index (κ2) is 13.2. The number of rotatable bonds is 9. The fraction of sp³-hybridized carbons (Fsp3) is 0.357. The average Bonchev–Trinajstić information content (AvgIpc) is 3.22. The smallest absolute Gasteiger partial charge is 0.254 e. The summed E-state index contributed by atoms with van der Waals surface area (Å²) < 4.78 is 10.4. The first kappa shape index (κ1) is 27.3. The van der Waals surface area contributed by atoms with Gasteiger partial charge in [0.05, 0.1) is 24.4 Å². The van der Waals surface area contributed by atoms with Gasteiger partial charge in [0.2, 0.25) is 5.91 Å². The number of nitrogens with zero attached hydrogens (tertiary/aromatic N) is 5. The first-order chi connectivity index (χ1) is 18.5. The van der Waals surface area contributed by atoms with Gasteiger partial charge in [-0.05, 0) is 42.8 Å². The number of anilines is 1. The van der Waals surface area contributed by atoms with Crippen LogP contribution in [0.25, 0.3) is 11.3 Å². The van der Waals surface area contributed by atoms with Crippen molar-refractivity contribution in [2.24, 2.45) is 0 Å². The van der Waals surface area contributed by atoms with Crippen molar-refractivity contribution in [3.63, 3.8) is 0 Å². The van der Waals surface area contributed by atoms with Crippen LogP contribution in [0.3, 0.4) is 0 Å². The van der Waals surface area contributed by atoms with Gasteiger partial charge in [-0.15, -0.1) is 10.2 Å². The number of carbonyl (C=O) groups is 2. The van der Waals surface area contributed by atoms with Gasteiger partial charge in [0, 0.05) is 51.0 Å². The summed E-state index contributed by atoms with van der Waals surface area (Å²) in [5, 5.41) is 9.43. The third kappa shape index (κ3) is 6.79. The van der Waals surface area contributed by atoms with E-state index in [1.165, 1.54) is 4.90 Å². The Hall–Kier alpha value is -3.69. The fourth-order valence-corrected chi connectivity index (χ4v) is 4.59. The molecule has 0 aliphatic carbocycles. The third-order valence-electron chi connectivity index (χ3n) is 6.47. The maximum absolute atomic E-state index is 13.3. The summed E-state index contributed by atoms with van der Waals surface area (Å²) in [5.41, 5.74) is 2.01. The van der Waals surface area contributed by atoms with E-state index in [0.717, 1.165) is 24.3 Å². The van der Waals surface area contributed by atoms with Crippen LogP contribution in [-0.4, -0.2) is 91.9 Å². The molecule has 1 fully saturated rings. The number of carbonyl (C=O) groups excluding carboxylic acids is 2. The molecule has 9 nitrogen and oxygen atoms in total.